The number of nitrogens with zero attached hydrogens (tertiary/aromatic N) is 4. The maximum absolute atomic E-state index is 14.1. The van der Waals surface area contributed by atoms with Gasteiger partial charge in [0.2, 0.25) is 0 Å². The predicted molar refractivity (Wildman–Crippen MR) is 152 cm³/mol. The summed E-state index contributed by atoms with van der Waals surface area (Å²) < 4.78 is 10.5. The van der Waals surface area contributed by atoms with Crippen LogP contribution in [0.25, 0.3) is 11.4 Å². The molecule has 2 aromatic carbocycles. The molecular weight excluding hydrogens is 500 g/mol. The molecule has 5 heterocycles. The summed E-state index contributed by atoms with van der Waals surface area (Å²) in [5, 5.41) is 0. The zero-order chi connectivity index (χ0) is 27.3. The van der Waals surface area contributed by atoms with Gasteiger partial charge in [-0.25, -0.2) is 0 Å². The third-order valence-electron chi connectivity index (χ3n) is 9.27. The lowest BCUT2D eigenvalue weighted by Crippen LogP contribution is -2.48. The van der Waals surface area contributed by atoms with Gasteiger partial charge in [0.1, 0.15) is 0 Å². The van der Waals surface area contributed by atoms with Gasteiger partial charge >= 0.3 is 0 Å². The van der Waals surface area contributed by atoms with Crippen LogP contribution in [0.15, 0.2) is 91.4 Å². The highest BCUT2D eigenvalue weighted by Crippen LogP contribution is 2.43. The third-order valence-corrected chi connectivity index (χ3v) is 9.27. The molecule has 1 spiro atoms. The monoisotopic (exact) mass is 534 g/mol. The Balaban J connectivity index is 1.06. The third kappa shape index (κ3) is 3.99. The molecule has 2 amide bonds. The largest absolute Gasteiger partial charge is 0.354 e. The molecule has 1 unspecified atom stereocenters. The quantitative estimate of drug-likeness (QED) is 0.365. The Labute approximate surface area is 234 Å². The second-order valence-electron chi connectivity index (χ2n) is 11.6. The maximum atomic E-state index is 14.1. The van der Waals surface area contributed by atoms with Crippen molar-refractivity contribution in [2.75, 3.05) is 26.2 Å². The molecule has 7 rings (SSSR count). The first-order chi connectivity index (χ1) is 19.5. The van der Waals surface area contributed by atoms with E-state index >= 15 is 0 Å². The first kappa shape index (κ1) is 24.9. The van der Waals surface area contributed by atoms with Crippen molar-refractivity contribution in [2.24, 2.45) is 5.41 Å². The van der Waals surface area contributed by atoms with Gasteiger partial charge in [0.25, 0.3) is 11.8 Å². The number of rotatable bonds is 3. The average molecular weight is 535 g/mol. The zero-order valence-corrected chi connectivity index (χ0v) is 22.8. The number of hydrogen-bond donors (Lipinski definition) is 0. The molecule has 0 aliphatic carbocycles. The molecule has 40 heavy (non-hydrogen) atoms. The minimum atomic E-state index is -1.06. The lowest BCUT2D eigenvalue weighted by molar-refractivity contribution is -0.159. The van der Waals surface area contributed by atoms with E-state index in [2.05, 4.69) is 16.7 Å². The Bertz CT molecular complexity index is 1560. The second-order valence-corrected chi connectivity index (χ2v) is 11.6. The van der Waals surface area contributed by atoms with Gasteiger partial charge in [-0.15, -0.1) is 0 Å². The van der Waals surface area contributed by atoms with Gasteiger partial charge < -0.3 is 23.7 Å². The Kier molecular flexibility index (Phi) is 5.93. The van der Waals surface area contributed by atoms with E-state index in [-0.39, 0.29) is 17.2 Å². The van der Waals surface area contributed by atoms with Crippen LogP contribution in [0.4, 0.5) is 0 Å². The van der Waals surface area contributed by atoms with Gasteiger partial charge in [0.15, 0.2) is 5.60 Å². The SMILES string of the molecule is CC1(C(=O)N2CCC3(CCN(C(=O)c4ccccc4-n4cccc4)CC3)C2)OCc2ccccc2-n2cccc21. The number of piperidine rings is 1. The number of likely N-dealkylation sites (tertiary alicyclic amines) is 2. The fraction of sp³-hybridized carbons (Fsp3) is 0.333. The fourth-order valence-corrected chi connectivity index (χ4v) is 6.86. The number of para-hydroxylation sites is 2. The van der Waals surface area contributed by atoms with E-state index in [0.717, 1.165) is 54.0 Å². The Morgan fingerprint density at radius 1 is 0.750 bits per heavy atom. The molecule has 2 saturated heterocycles. The molecule has 2 fully saturated rings. The molecule has 0 saturated carbocycles. The van der Waals surface area contributed by atoms with E-state index in [4.69, 9.17) is 4.74 Å². The normalized spacial score (nSPS) is 21.6. The van der Waals surface area contributed by atoms with Crippen LogP contribution in [-0.2, 0) is 21.7 Å². The Morgan fingerprint density at radius 2 is 1.43 bits per heavy atom. The summed E-state index contributed by atoms with van der Waals surface area (Å²) in [6.45, 7) is 5.14. The summed E-state index contributed by atoms with van der Waals surface area (Å²) in [5.41, 5.74) is 3.60. The van der Waals surface area contributed by atoms with Crippen LogP contribution in [0.5, 0.6) is 0 Å². The van der Waals surface area contributed by atoms with Crippen LogP contribution in [0.1, 0.15) is 47.8 Å². The average Bonchev–Trinajstić information content (AvgIpc) is 3.77. The lowest BCUT2D eigenvalue weighted by atomic mass is 9.77. The summed E-state index contributed by atoms with van der Waals surface area (Å²) >= 11 is 0. The van der Waals surface area contributed by atoms with Gasteiger partial charge in [-0.1, -0.05) is 30.3 Å². The zero-order valence-electron chi connectivity index (χ0n) is 22.8. The Morgan fingerprint density at radius 3 is 2.20 bits per heavy atom. The molecule has 0 bridgehead atoms. The Hall–Kier alpha value is -4.10. The molecular formula is C33H34N4O3. The standard InChI is InChI=1S/C33H34N4O3/c1-32(29-13-8-19-37(29)27-11-4-2-9-25(27)23-40-32)31(39)36-22-16-33(24-36)14-20-35(21-15-33)30(38)26-10-3-5-12-28(26)34-17-6-7-18-34/h2-13,17-19H,14-16,20-24H2,1H3. The van der Waals surface area contributed by atoms with Crippen LogP contribution in [0, 0.1) is 5.41 Å². The highest BCUT2D eigenvalue weighted by Gasteiger charge is 2.49. The summed E-state index contributed by atoms with van der Waals surface area (Å²) in [7, 11) is 0. The lowest BCUT2D eigenvalue weighted by Gasteiger charge is -2.40. The molecule has 3 aliphatic rings. The van der Waals surface area contributed by atoms with Crippen molar-refractivity contribution in [3.05, 3.63) is 108 Å². The maximum Gasteiger partial charge on any atom is 0.260 e. The first-order valence-electron chi connectivity index (χ1n) is 14.2. The van der Waals surface area contributed by atoms with Crippen LogP contribution >= 0.6 is 0 Å². The summed E-state index contributed by atoms with van der Waals surface area (Å²) in [4.78, 5) is 31.7. The molecule has 7 heteroatoms. The molecule has 0 N–H and O–H groups in total. The number of benzene rings is 2. The fourth-order valence-electron chi connectivity index (χ4n) is 6.86. The van der Waals surface area contributed by atoms with Crippen molar-refractivity contribution in [3.63, 3.8) is 0 Å². The number of aromatic nitrogens is 2. The number of fused-ring (bicyclic) bond motifs is 3. The topological polar surface area (TPSA) is 59.7 Å². The van der Waals surface area contributed by atoms with Crippen LogP contribution in [-0.4, -0.2) is 56.9 Å². The molecule has 0 radical (unpaired) electrons. The highest BCUT2D eigenvalue weighted by atomic mass is 16.5. The van der Waals surface area contributed by atoms with Crippen molar-refractivity contribution in [3.8, 4) is 11.4 Å². The molecule has 3 aliphatic heterocycles. The van der Waals surface area contributed by atoms with Crippen molar-refractivity contribution >= 4 is 11.8 Å². The molecule has 7 nitrogen and oxygen atoms in total. The van der Waals surface area contributed by atoms with E-state index in [1.165, 1.54) is 0 Å². The number of hydrogen-bond acceptors (Lipinski definition) is 3. The molecule has 204 valence electrons. The van der Waals surface area contributed by atoms with Gasteiger partial charge in [-0.3, -0.25) is 9.59 Å². The van der Waals surface area contributed by atoms with Crippen LogP contribution in [0.2, 0.25) is 0 Å². The van der Waals surface area contributed by atoms with Gasteiger partial charge in [0.05, 0.1) is 29.2 Å². The minimum absolute atomic E-state index is 0.0243. The van der Waals surface area contributed by atoms with E-state index in [1.54, 1.807) is 0 Å². The van der Waals surface area contributed by atoms with Crippen molar-refractivity contribution in [1.29, 1.82) is 0 Å². The molecule has 4 aromatic rings. The van der Waals surface area contributed by atoms with Crippen LogP contribution < -0.4 is 0 Å². The van der Waals surface area contributed by atoms with Gasteiger partial charge in [0, 0.05) is 50.3 Å². The number of ether oxygens (including phenoxy) is 1. The van der Waals surface area contributed by atoms with Crippen LogP contribution in [0.3, 0.4) is 0 Å². The van der Waals surface area contributed by atoms with E-state index < -0.39 is 5.60 Å². The summed E-state index contributed by atoms with van der Waals surface area (Å²) in [6, 6.07) is 23.9. The van der Waals surface area contributed by atoms with E-state index in [0.29, 0.717) is 26.2 Å². The summed E-state index contributed by atoms with van der Waals surface area (Å²) in [6.07, 6.45) is 8.70. The summed E-state index contributed by atoms with van der Waals surface area (Å²) in [5.74, 6) is 0.0982. The number of carbonyl (C=O) groups is 2. The molecule has 2 aromatic heterocycles. The van der Waals surface area contributed by atoms with Crippen molar-refractivity contribution < 1.29 is 14.3 Å². The molecule has 1 atom stereocenters. The number of carbonyl (C=O) groups excluding carboxylic acids is 2. The minimum Gasteiger partial charge on any atom is -0.354 e. The predicted octanol–water partition coefficient (Wildman–Crippen LogP) is 5.17. The highest BCUT2D eigenvalue weighted by molar-refractivity contribution is 5.98. The second kappa shape index (κ2) is 9.52. The van der Waals surface area contributed by atoms with Crippen molar-refractivity contribution in [2.45, 2.75) is 38.4 Å². The van der Waals surface area contributed by atoms with Gasteiger partial charge in [-0.2, -0.15) is 0 Å². The number of amides is 2. The van der Waals surface area contributed by atoms with E-state index in [1.807, 2.05) is 101 Å². The van der Waals surface area contributed by atoms with Crippen molar-refractivity contribution in [1.82, 2.24) is 18.9 Å². The van der Waals surface area contributed by atoms with E-state index in [9.17, 15) is 9.59 Å². The smallest absolute Gasteiger partial charge is 0.260 e. The first-order valence-corrected chi connectivity index (χ1v) is 14.2. The van der Waals surface area contributed by atoms with Gasteiger partial charge in [-0.05, 0) is 74.1 Å².